The fourth-order valence-electron chi connectivity index (χ4n) is 2.55. The number of methoxy groups -OCH3 is 1. The van der Waals surface area contributed by atoms with Crippen LogP contribution in [-0.2, 0) is 16.6 Å². The first-order valence-electron chi connectivity index (χ1n) is 8.42. The zero-order chi connectivity index (χ0) is 20.0. The van der Waals surface area contributed by atoms with Crippen molar-refractivity contribution >= 4 is 21.6 Å². The SMILES string of the molecule is COc1ccccc1CNC(=O)c1ccc(S(=O)(=O)Nc2ccncc2)cc1. The number of ether oxygens (including phenoxy) is 1. The quantitative estimate of drug-likeness (QED) is 0.639. The van der Waals surface area contributed by atoms with Gasteiger partial charge in [0.1, 0.15) is 5.75 Å². The average molecular weight is 397 g/mol. The van der Waals surface area contributed by atoms with Crippen molar-refractivity contribution in [3.63, 3.8) is 0 Å². The molecule has 2 aromatic carbocycles. The van der Waals surface area contributed by atoms with Gasteiger partial charge >= 0.3 is 0 Å². The second-order valence-corrected chi connectivity index (χ2v) is 7.54. The predicted octanol–water partition coefficient (Wildman–Crippen LogP) is 2.82. The molecule has 0 aliphatic rings. The second-order valence-electron chi connectivity index (χ2n) is 5.86. The first-order chi connectivity index (χ1) is 13.5. The lowest BCUT2D eigenvalue weighted by molar-refractivity contribution is 0.0950. The Morgan fingerprint density at radius 1 is 1.00 bits per heavy atom. The van der Waals surface area contributed by atoms with Gasteiger partial charge in [-0.2, -0.15) is 0 Å². The zero-order valence-electron chi connectivity index (χ0n) is 15.1. The molecule has 1 amide bonds. The number of nitrogens with one attached hydrogen (secondary N) is 2. The molecular weight excluding hydrogens is 378 g/mol. The van der Waals surface area contributed by atoms with Gasteiger partial charge in [0.25, 0.3) is 15.9 Å². The maximum Gasteiger partial charge on any atom is 0.261 e. The van der Waals surface area contributed by atoms with Crippen molar-refractivity contribution in [1.82, 2.24) is 10.3 Å². The molecular formula is C20H19N3O4S. The van der Waals surface area contributed by atoms with Crippen molar-refractivity contribution in [3.05, 3.63) is 84.2 Å². The number of aromatic nitrogens is 1. The Morgan fingerprint density at radius 3 is 2.36 bits per heavy atom. The maximum absolute atomic E-state index is 12.4. The van der Waals surface area contributed by atoms with Crippen molar-refractivity contribution in [3.8, 4) is 5.75 Å². The third-order valence-corrected chi connectivity index (χ3v) is 5.39. The van der Waals surface area contributed by atoms with E-state index in [4.69, 9.17) is 4.74 Å². The molecule has 0 aliphatic carbocycles. The van der Waals surface area contributed by atoms with E-state index in [1.165, 1.54) is 36.7 Å². The molecule has 0 radical (unpaired) electrons. The van der Waals surface area contributed by atoms with Crippen molar-refractivity contribution in [2.45, 2.75) is 11.4 Å². The molecule has 0 saturated carbocycles. The Morgan fingerprint density at radius 2 is 1.68 bits per heavy atom. The lowest BCUT2D eigenvalue weighted by Crippen LogP contribution is -2.23. The van der Waals surface area contributed by atoms with Gasteiger partial charge in [-0.05, 0) is 42.5 Å². The van der Waals surface area contributed by atoms with Gasteiger partial charge in [-0.3, -0.25) is 14.5 Å². The van der Waals surface area contributed by atoms with Gasteiger partial charge in [-0.1, -0.05) is 18.2 Å². The van der Waals surface area contributed by atoms with E-state index in [0.29, 0.717) is 23.5 Å². The van der Waals surface area contributed by atoms with Crippen molar-refractivity contribution in [2.24, 2.45) is 0 Å². The van der Waals surface area contributed by atoms with E-state index in [1.807, 2.05) is 24.3 Å². The smallest absolute Gasteiger partial charge is 0.261 e. The summed E-state index contributed by atoms with van der Waals surface area (Å²) in [6.07, 6.45) is 2.99. The third kappa shape index (κ3) is 4.66. The number of sulfonamides is 1. The van der Waals surface area contributed by atoms with Gasteiger partial charge in [-0.15, -0.1) is 0 Å². The molecule has 1 aromatic heterocycles. The highest BCUT2D eigenvalue weighted by molar-refractivity contribution is 7.92. The van der Waals surface area contributed by atoms with Gasteiger partial charge in [-0.25, -0.2) is 8.42 Å². The molecule has 7 nitrogen and oxygen atoms in total. The molecule has 2 N–H and O–H groups in total. The molecule has 0 saturated heterocycles. The minimum Gasteiger partial charge on any atom is -0.496 e. The summed E-state index contributed by atoms with van der Waals surface area (Å²) in [4.78, 5) is 16.2. The summed E-state index contributed by atoms with van der Waals surface area (Å²) in [6.45, 7) is 0.298. The molecule has 0 unspecified atom stereocenters. The van der Waals surface area contributed by atoms with Crippen LogP contribution in [0.2, 0.25) is 0 Å². The number of pyridine rings is 1. The number of para-hydroxylation sites is 1. The van der Waals surface area contributed by atoms with Crippen LogP contribution < -0.4 is 14.8 Å². The molecule has 0 fully saturated rings. The number of carbonyl (C=O) groups is 1. The van der Waals surface area contributed by atoms with Crippen LogP contribution >= 0.6 is 0 Å². The highest BCUT2D eigenvalue weighted by Crippen LogP contribution is 2.18. The Bertz CT molecular complexity index is 1050. The molecule has 3 aromatic rings. The zero-order valence-corrected chi connectivity index (χ0v) is 15.9. The number of hydrogen-bond acceptors (Lipinski definition) is 5. The van der Waals surface area contributed by atoms with Gasteiger partial charge in [0.2, 0.25) is 0 Å². The maximum atomic E-state index is 12.4. The molecule has 8 heteroatoms. The van der Waals surface area contributed by atoms with E-state index in [-0.39, 0.29) is 10.8 Å². The molecule has 0 spiro atoms. The summed E-state index contributed by atoms with van der Waals surface area (Å²) in [5, 5.41) is 2.80. The largest absolute Gasteiger partial charge is 0.496 e. The van der Waals surface area contributed by atoms with Gasteiger partial charge in [0.05, 0.1) is 17.7 Å². The number of benzene rings is 2. The fourth-order valence-corrected chi connectivity index (χ4v) is 3.60. The average Bonchev–Trinajstić information content (AvgIpc) is 2.72. The van der Waals surface area contributed by atoms with Crippen LogP contribution in [0.15, 0.2) is 78.0 Å². The summed E-state index contributed by atoms with van der Waals surface area (Å²) >= 11 is 0. The van der Waals surface area contributed by atoms with Crippen molar-refractivity contribution < 1.29 is 17.9 Å². The Labute approximate surface area is 163 Å². The van der Waals surface area contributed by atoms with Crippen molar-refractivity contribution in [2.75, 3.05) is 11.8 Å². The number of hydrogen-bond donors (Lipinski definition) is 2. The molecule has 3 rings (SSSR count). The monoisotopic (exact) mass is 397 g/mol. The Hall–Kier alpha value is -3.39. The Balaban J connectivity index is 1.67. The summed E-state index contributed by atoms with van der Waals surface area (Å²) in [5.41, 5.74) is 1.62. The van der Waals surface area contributed by atoms with E-state index >= 15 is 0 Å². The van der Waals surface area contributed by atoms with E-state index in [2.05, 4.69) is 15.0 Å². The number of carbonyl (C=O) groups excluding carboxylic acids is 1. The van der Waals surface area contributed by atoms with Gasteiger partial charge in [0.15, 0.2) is 0 Å². The second kappa shape index (κ2) is 8.53. The first kappa shape index (κ1) is 19.4. The predicted molar refractivity (Wildman–Crippen MR) is 106 cm³/mol. The lowest BCUT2D eigenvalue weighted by atomic mass is 10.2. The standard InChI is InChI=1S/C20H19N3O4S/c1-27-19-5-3-2-4-16(19)14-22-20(24)15-6-8-18(9-7-15)28(25,26)23-17-10-12-21-13-11-17/h2-13H,14H2,1H3,(H,21,23)(H,22,24). The van der Waals surface area contributed by atoms with Crippen LogP contribution in [0.25, 0.3) is 0 Å². The van der Waals surface area contributed by atoms with Crippen LogP contribution in [0, 0.1) is 0 Å². The first-order valence-corrected chi connectivity index (χ1v) is 9.91. The highest BCUT2D eigenvalue weighted by atomic mass is 32.2. The van der Waals surface area contributed by atoms with Crippen LogP contribution in [0.5, 0.6) is 5.75 Å². The van der Waals surface area contributed by atoms with E-state index < -0.39 is 10.0 Å². The number of nitrogens with zero attached hydrogens (tertiary/aromatic N) is 1. The van der Waals surface area contributed by atoms with Crippen LogP contribution in [0.4, 0.5) is 5.69 Å². The minimum absolute atomic E-state index is 0.0607. The summed E-state index contributed by atoms with van der Waals surface area (Å²) < 4.78 is 32.6. The lowest BCUT2D eigenvalue weighted by Gasteiger charge is -2.10. The van der Waals surface area contributed by atoms with Crippen LogP contribution in [0.3, 0.4) is 0 Å². The number of rotatable bonds is 7. The molecule has 144 valence electrons. The van der Waals surface area contributed by atoms with E-state index in [9.17, 15) is 13.2 Å². The fraction of sp³-hybridized carbons (Fsp3) is 0.100. The molecule has 28 heavy (non-hydrogen) atoms. The number of anilines is 1. The Kier molecular flexibility index (Phi) is 5.90. The van der Waals surface area contributed by atoms with E-state index in [1.54, 1.807) is 19.2 Å². The molecule has 0 bridgehead atoms. The van der Waals surface area contributed by atoms with Crippen LogP contribution in [-0.4, -0.2) is 26.4 Å². The van der Waals surface area contributed by atoms with Gasteiger partial charge < -0.3 is 10.1 Å². The van der Waals surface area contributed by atoms with E-state index in [0.717, 1.165) is 5.56 Å². The molecule has 0 aliphatic heterocycles. The normalized spacial score (nSPS) is 10.9. The summed E-state index contributed by atoms with van der Waals surface area (Å²) in [7, 11) is -2.18. The summed E-state index contributed by atoms with van der Waals surface area (Å²) in [5.74, 6) is 0.378. The van der Waals surface area contributed by atoms with Crippen molar-refractivity contribution in [1.29, 1.82) is 0 Å². The third-order valence-electron chi connectivity index (χ3n) is 3.99. The van der Waals surface area contributed by atoms with Gasteiger partial charge in [0, 0.05) is 30.1 Å². The minimum atomic E-state index is -3.75. The summed E-state index contributed by atoms with van der Waals surface area (Å²) in [6, 6.07) is 16.2. The highest BCUT2D eigenvalue weighted by Gasteiger charge is 2.15. The topological polar surface area (TPSA) is 97.4 Å². The van der Waals surface area contributed by atoms with Crippen LogP contribution in [0.1, 0.15) is 15.9 Å². The molecule has 1 heterocycles. The number of amides is 1. The molecule has 0 atom stereocenters.